The molecule has 5 nitrogen and oxygen atoms in total. The maximum absolute atomic E-state index is 12.3. The summed E-state index contributed by atoms with van der Waals surface area (Å²) in [5.74, 6) is -0.358. The highest BCUT2D eigenvalue weighted by Crippen LogP contribution is 2.19. The Morgan fingerprint density at radius 1 is 1.36 bits per heavy atom. The molecule has 0 aliphatic heterocycles. The van der Waals surface area contributed by atoms with Gasteiger partial charge in [-0.05, 0) is 51.4 Å². The van der Waals surface area contributed by atoms with Gasteiger partial charge in [0, 0.05) is 18.8 Å². The van der Waals surface area contributed by atoms with Gasteiger partial charge in [0.05, 0.1) is 6.61 Å². The molecule has 0 bridgehead atoms. The molecular formula is C17H28N2O3. The summed E-state index contributed by atoms with van der Waals surface area (Å²) in [6.45, 7) is 8.77. The third kappa shape index (κ3) is 4.70. The van der Waals surface area contributed by atoms with Crippen molar-refractivity contribution in [3.8, 4) is 0 Å². The molecule has 0 aliphatic rings. The molecular weight excluding hydrogens is 280 g/mol. The molecule has 0 saturated heterocycles. The Hall–Kier alpha value is -1.62. The molecule has 1 unspecified atom stereocenters. The van der Waals surface area contributed by atoms with Crippen molar-refractivity contribution in [2.24, 2.45) is 5.92 Å². The Kier molecular flexibility index (Phi) is 6.81. The van der Waals surface area contributed by atoms with Gasteiger partial charge in [0.25, 0.3) is 5.56 Å². The van der Waals surface area contributed by atoms with E-state index in [1.54, 1.807) is 13.0 Å². The molecule has 1 aromatic rings. The van der Waals surface area contributed by atoms with E-state index in [1.807, 2.05) is 41.1 Å². The minimum absolute atomic E-state index is 0.0128. The van der Waals surface area contributed by atoms with Crippen LogP contribution in [-0.2, 0) is 16.0 Å². The van der Waals surface area contributed by atoms with Gasteiger partial charge >= 0.3 is 5.97 Å². The fourth-order valence-electron chi connectivity index (χ4n) is 2.44. The summed E-state index contributed by atoms with van der Waals surface area (Å²) in [5, 5.41) is 0. The fourth-order valence-corrected chi connectivity index (χ4v) is 2.44. The van der Waals surface area contributed by atoms with Crippen molar-refractivity contribution in [3.63, 3.8) is 0 Å². The SMILES string of the molecule is CCOC(=O)C(C(C)C)n1cc(CCN(C)C)c(C)cc1=O. The number of carbonyl (C=O) groups is 1. The molecule has 5 heteroatoms. The molecule has 1 atom stereocenters. The van der Waals surface area contributed by atoms with Gasteiger partial charge in [0.2, 0.25) is 0 Å². The molecule has 1 heterocycles. The van der Waals surface area contributed by atoms with Crippen LogP contribution in [0.5, 0.6) is 0 Å². The van der Waals surface area contributed by atoms with Gasteiger partial charge in [-0.25, -0.2) is 4.79 Å². The number of hydrogen-bond acceptors (Lipinski definition) is 4. The van der Waals surface area contributed by atoms with E-state index in [0.29, 0.717) is 6.61 Å². The number of pyridine rings is 1. The van der Waals surface area contributed by atoms with Gasteiger partial charge < -0.3 is 14.2 Å². The highest BCUT2D eigenvalue weighted by Gasteiger charge is 2.26. The Labute approximate surface area is 132 Å². The second-order valence-corrected chi connectivity index (χ2v) is 6.22. The second kappa shape index (κ2) is 8.13. The normalized spacial score (nSPS) is 12.7. The molecule has 0 N–H and O–H groups in total. The number of esters is 1. The minimum atomic E-state index is -0.578. The number of aryl methyl sites for hydroxylation is 1. The van der Waals surface area contributed by atoms with Gasteiger partial charge in [0.15, 0.2) is 0 Å². The Morgan fingerprint density at radius 3 is 2.50 bits per heavy atom. The predicted molar refractivity (Wildman–Crippen MR) is 88.2 cm³/mol. The van der Waals surface area contributed by atoms with Crippen LogP contribution in [0, 0.1) is 12.8 Å². The van der Waals surface area contributed by atoms with Crippen LogP contribution in [0.25, 0.3) is 0 Å². The van der Waals surface area contributed by atoms with Crippen molar-refractivity contribution in [1.82, 2.24) is 9.47 Å². The summed E-state index contributed by atoms with van der Waals surface area (Å²) in [5.41, 5.74) is 1.90. The predicted octanol–water partition coefficient (Wildman–Crippen LogP) is 2.02. The Bertz CT molecular complexity index is 562. The Morgan fingerprint density at radius 2 is 2.00 bits per heavy atom. The van der Waals surface area contributed by atoms with Gasteiger partial charge in [-0.15, -0.1) is 0 Å². The van der Waals surface area contributed by atoms with Gasteiger partial charge in [-0.3, -0.25) is 4.79 Å². The van der Waals surface area contributed by atoms with Gasteiger partial charge in [-0.2, -0.15) is 0 Å². The third-order valence-electron chi connectivity index (χ3n) is 3.68. The number of likely N-dealkylation sites (N-methyl/N-ethyl adjacent to an activating group) is 1. The van der Waals surface area contributed by atoms with E-state index >= 15 is 0 Å². The van der Waals surface area contributed by atoms with Gasteiger partial charge in [0.1, 0.15) is 6.04 Å². The molecule has 0 amide bonds. The van der Waals surface area contributed by atoms with E-state index in [1.165, 1.54) is 4.57 Å². The van der Waals surface area contributed by atoms with Crippen LogP contribution in [0.3, 0.4) is 0 Å². The molecule has 1 aromatic heterocycles. The van der Waals surface area contributed by atoms with E-state index in [4.69, 9.17) is 4.74 Å². The zero-order valence-corrected chi connectivity index (χ0v) is 14.5. The lowest BCUT2D eigenvalue weighted by Crippen LogP contribution is -2.34. The number of hydrogen-bond donors (Lipinski definition) is 0. The fraction of sp³-hybridized carbons (Fsp3) is 0.647. The maximum Gasteiger partial charge on any atom is 0.329 e. The molecule has 0 aromatic carbocycles. The summed E-state index contributed by atoms with van der Waals surface area (Å²) in [6, 6.07) is 1.03. The largest absolute Gasteiger partial charge is 0.464 e. The van der Waals surface area contributed by atoms with Crippen molar-refractivity contribution in [2.75, 3.05) is 27.2 Å². The smallest absolute Gasteiger partial charge is 0.329 e. The first-order chi connectivity index (χ1) is 10.3. The molecule has 0 radical (unpaired) electrons. The van der Waals surface area contributed by atoms with Crippen molar-refractivity contribution in [1.29, 1.82) is 0 Å². The summed E-state index contributed by atoms with van der Waals surface area (Å²) < 4.78 is 6.66. The number of rotatable bonds is 7. The molecule has 0 saturated carbocycles. The van der Waals surface area contributed by atoms with Crippen molar-refractivity contribution < 1.29 is 9.53 Å². The summed E-state index contributed by atoms with van der Waals surface area (Å²) in [4.78, 5) is 26.6. The first kappa shape index (κ1) is 18.4. The van der Waals surface area contributed by atoms with Crippen LogP contribution < -0.4 is 5.56 Å². The van der Waals surface area contributed by atoms with Crippen LogP contribution in [0.2, 0.25) is 0 Å². The monoisotopic (exact) mass is 308 g/mol. The van der Waals surface area contributed by atoms with Crippen LogP contribution >= 0.6 is 0 Å². The van der Waals surface area contributed by atoms with Crippen LogP contribution in [0.1, 0.15) is 37.9 Å². The molecule has 22 heavy (non-hydrogen) atoms. The third-order valence-corrected chi connectivity index (χ3v) is 3.68. The molecule has 0 aliphatic carbocycles. The highest BCUT2D eigenvalue weighted by molar-refractivity contribution is 5.74. The van der Waals surface area contributed by atoms with E-state index in [-0.39, 0.29) is 17.4 Å². The average molecular weight is 308 g/mol. The first-order valence-electron chi connectivity index (χ1n) is 7.81. The standard InChI is InChI=1S/C17H28N2O3/c1-7-22-17(21)16(12(2)3)19-11-14(8-9-18(5)6)13(4)10-15(19)20/h10-12,16H,7-9H2,1-6H3. The first-order valence-corrected chi connectivity index (χ1v) is 7.81. The number of aromatic nitrogens is 1. The lowest BCUT2D eigenvalue weighted by molar-refractivity contribution is -0.148. The zero-order valence-electron chi connectivity index (χ0n) is 14.5. The maximum atomic E-state index is 12.3. The second-order valence-electron chi connectivity index (χ2n) is 6.22. The summed E-state index contributed by atoms with van der Waals surface area (Å²) >= 11 is 0. The molecule has 1 rings (SSSR count). The van der Waals surface area contributed by atoms with E-state index in [0.717, 1.165) is 24.1 Å². The topological polar surface area (TPSA) is 51.5 Å². The van der Waals surface area contributed by atoms with E-state index < -0.39 is 6.04 Å². The van der Waals surface area contributed by atoms with Crippen LogP contribution in [0.15, 0.2) is 17.1 Å². The molecule has 0 spiro atoms. The lowest BCUT2D eigenvalue weighted by atomic mass is 10.0. The van der Waals surface area contributed by atoms with Crippen LogP contribution in [-0.4, -0.2) is 42.7 Å². The van der Waals surface area contributed by atoms with Crippen molar-refractivity contribution in [3.05, 3.63) is 33.7 Å². The number of nitrogens with zero attached hydrogens (tertiary/aromatic N) is 2. The molecule has 124 valence electrons. The van der Waals surface area contributed by atoms with E-state index in [2.05, 4.69) is 4.90 Å². The van der Waals surface area contributed by atoms with Crippen molar-refractivity contribution >= 4 is 5.97 Å². The average Bonchev–Trinajstić information content (AvgIpc) is 2.40. The van der Waals surface area contributed by atoms with Gasteiger partial charge in [-0.1, -0.05) is 13.8 Å². The number of carbonyl (C=O) groups excluding carboxylic acids is 1. The number of ether oxygens (including phenoxy) is 1. The quantitative estimate of drug-likeness (QED) is 0.723. The summed E-state index contributed by atoms with van der Waals surface area (Å²) in [7, 11) is 4.03. The zero-order chi connectivity index (χ0) is 16.9. The minimum Gasteiger partial charge on any atom is -0.464 e. The highest BCUT2D eigenvalue weighted by atomic mass is 16.5. The Balaban J connectivity index is 3.22. The van der Waals surface area contributed by atoms with Crippen LogP contribution in [0.4, 0.5) is 0 Å². The molecule has 0 fully saturated rings. The van der Waals surface area contributed by atoms with Crippen molar-refractivity contribution in [2.45, 2.75) is 40.2 Å². The van der Waals surface area contributed by atoms with E-state index in [9.17, 15) is 9.59 Å². The summed E-state index contributed by atoms with van der Waals surface area (Å²) in [6.07, 6.45) is 2.66. The lowest BCUT2D eigenvalue weighted by Gasteiger charge is -2.23.